The normalized spacial score (nSPS) is 16.0. The number of aliphatic carboxylic acids is 1. The van der Waals surface area contributed by atoms with Crippen LogP contribution < -0.4 is 0 Å². The van der Waals surface area contributed by atoms with Gasteiger partial charge in [0, 0.05) is 29.7 Å². The van der Waals surface area contributed by atoms with E-state index in [0.717, 1.165) is 3.57 Å². The van der Waals surface area contributed by atoms with Crippen molar-refractivity contribution in [3.63, 3.8) is 0 Å². The van der Waals surface area contributed by atoms with Crippen LogP contribution in [-0.4, -0.2) is 64.6 Å². The Labute approximate surface area is 149 Å². The summed E-state index contributed by atoms with van der Waals surface area (Å²) < 4.78 is 1.54. The van der Waals surface area contributed by atoms with Crippen LogP contribution in [0.3, 0.4) is 0 Å². The summed E-state index contributed by atoms with van der Waals surface area (Å²) in [7, 11) is 0. The molecule has 1 aromatic rings. The highest BCUT2D eigenvalue weighted by atomic mass is 127. The summed E-state index contributed by atoms with van der Waals surface area (Å²) in [5, 5.41) is 18.8. The van der Waals surface area contributed by atoms with Crippen LogP contribution in [0.4, 0.5) is 0 Å². The minimum Gasteiger partial charge on any atom is -0.506 e. The van der Waals surface area contributed by atoms with Gasteiger partial charge in [-0.1, -0.05) is 0 Å². The number of carboxylic acids is 1. The molecule has 0 spiro atoms. The van der Waals surface area contributed by atoms with Gasteiger partial charge >= 0.3 is 5.97 Å². The first-order valence-electron chi connectivity index (χ1n) is 6.30. The second-order valence-corrected chi connectivity index (χ2v) is 7.15. The fraction of sp³-hybridized carbons (Fsp3) is 0.385. The van der Waals surface area contributed by atoms with Crippen molar-refractivity contribution >= 4 is 57.1 Å². The molecule has 0 radical (unpaired) electrons. The first kappa shape index (κ1) is 16.7. The van der Waals surface area contributed by atoms with Crippen LogP contribution in [-0.2, 0) is 4.79 Å². The Balaban J connectivity index is 2.07. The molecule has 8 heteroatoms. The van der Waals surface area contributed by atoms with E-state index in [1.165, 1.54) is 0 Å². The molecule has 1 amide bonds. The first-order chi connectivity index (χ1) is 9.88. The van der Waals surface area contributed by atoms with Gasteiger partial charge in [0.25, 0.3) is 5.91 Å². The van der Waals surface area contributed by atoms with Crippen LogP contribution in [0.1, 0.15) is 10.4 Å². The minimum atomic E-state index is -0.861. The van der Waals surface area contributed by atoms with Gasteiger partial charge in [0.2, 0.25) is 0 Å². The van der Waals surface area contributed by atoms with Gasteiger partial charge in [-0.2, -0.15) is 0 Å². The monoisotopic (exact) mass is 516 g/mol. The Morgan fingerprint density at radius 1 is 1.14 bits per heavy atom. The van der Waals surface area contributed by atoms with Crippen LogP contribution in [0.15, 0.2) is 12.1 Å². The molecule has 1 heterocycles. The van der Waals surface area contributed by atoms with Crippen LogP contribution in [0.5, 0.6) is 5.75 Å². The number of piperazine rings is 1. The molecule has 2 N–H and O–H groups in total. The molecule has 1 aliphatic heterocycles. The van der Waals surface area contributed by atoms with Gasteiger partial charge in [-0.05, 0) is 57.3 Å². The predicted molar refractivity (Wildman–Crippen MR) is 93.5 cm³/mol. The molecule has 1 saturated heterocycles. The molecule has 0 bridgehead atoms. The lowest BCUT2D eigenvalue weighted by Gasteiger charge is -2.34. The highest BCUT2D eigenvalue weighted by molar-refractivity contribution is 14.1. The molecule has 1 fully saturated rings. The zero-order valence-electron chi connectivity index (χ0n) is 11.1. The van der Waals surface area contributed by atoms with Gasteiger partial charge in [0.1, 0.15) is 5.75 Å². The van der Waals surface area contributed by atoms with E-state index in [2.05, 4.69) is 22.6 Å². The zero-order valence-corrected chi connectivity index (χ0v) is 15.4. The number of nitrogens with zero attached hydrogens (tertiary/aromatic N) is 2. The van der Waals surface area contributed by atoms with Crippen molar-refractivity contribution in [1.29, 1.82) is 0 Å². The van der Waals surface area contributed by atoms with E-state index in [9.17, 15) is 14.7 Å². The third kappa shape index (κ3) is 4.19. The standard InChI is InChI=1S/C13H14I2N2O4/c14-8-5-9(12(20)10(15)6-8)13(21)17-3-1-16(2-4-17)7-11(18)19/h5-6,20H,1-4,7H2,(H,18,19). The van der Waals surface area contributed by atoms with Gasteiger partial charge in [0.15, 0.2) is 0 Å². The number of aromatic hydroxyl groups is 1. The van der Waals surface area contributed by atoms with Crippen molar-refractivity contribution < 1.29 is 19.8 Å². The summed E-state index contributed by atoms with van der Waals surface area (Å²) in [5.74, 6) is -1.06. The Hall–Kier alpha value is -0.620. The summed E-state index contributed by atoms with van der Waals surface area (Å²) in [5.41, 5.74) is 0.304. The molecule has 0 aromatic heterocycles. The number of phenolic OH excluding ortho intramolecular Hbond substituents is 1. The number of hydrogen-bond donors (Lipinski definition) is 2. The lowest BCUT2D eigenvalue weighted by Crippen LogP contribution is -2.49. The lowest BCUT2D eigenvalue weighted by atomic mass is 10.1. The van der Waals surface area contributed by atoms with E-state index in [-0.39, 0.29) is 18.2 Å². The Bertz CT molecular complexity index is 572. The Kier molecular flexibility index (Phi) is 5.66. The molecule has 0 atom stereocenters. The SMILES string of the molecule is O=C(O)CN1CCN(C(=O)c2cc(I)cc(I)c2O)CC1. The summed E-state index contributed by atoms with van der Waals surface area (Å²) in [6, 6.07) is 3.47. The van der Waals surface area contributed by atoms with Gasteiger partial charge in [-0.3, -0.25) is 14.5 Å². The van der Waals surface area contributed by atoms with Gasteiger partial charge < -0.3 is 15.1 Å². The molecular formula is C13H14I2N2O4. The molecule has 0 unspecified atom stereocenters. The van der Waals surface area contributed by atoms with Crippen molar-refractivity contribution in [1.82, 2.24) is 9.80 Å². The van der Waals surface area contributed by atoms with Crippen molar-refractivity contribution in [3.8, 4) is 5.75 Å². The fourth-order valence-corrected chi connectivity index (χ4v) is 4.04. The van der Waals surface area contributed by atoms with E-state index in [1.54, 1.807) is 21.9 Å². The maximum atomic E-state index is 12.5. The van der Waals surface area contributed by atoms with Gasteiger partial charge in [-0.15, -0.1) is 0 Å². The van der Waals surface area contributed by atoms with E-state index >= 15 is 0 Å². The molecule has 1 aliphatic rings. The maximum absolute atomic E-state index is 12.5. The molecule has 0 saturated carbocycles. The van der Waals surface area contributed by atoms with Crippen molar-refractivity contribution in [3.05, 3.63) is 24.8 Å². The predicted octanol–water partition coefficient (Wildman–Crippen LogP) is 1.44. The van der Waals surface area contributed by atoms with E-state index in [1.807, 2.05) is 22.6 Å². The highest BCUT2D eigenvalue weighted by Crippen LogP contribution is 2.28. The quantitative estimate of drug-likeness (QED) is 0.595. The number of carbonyl (C=O) groups excluding carboxylic acids is 1. The number of rotatable bonds is 3. The number of benzene rings is 1. The number of halogens is 2. The number of hydrogen-bond acceptors (Lipinski definition) is 4. The van der Waals surface area contributed by atoms with Crippen molar-refractivity contribution in [2.45, 2.75) is 0 Å². The average molecular weight is 516 g/mol. The number of amides is 1. The molecule has 1 aromatic carbocycles. The largest absolute Gasteiger partial charge is 0.506 e. The molecule has 114 valence electrons. The van der Waals surface area contributed by atoms with Gasteiger partial charge in [0.05, 0.1) is 15.7 Å². The van der Waals surface area contributed by atoms with E-state index < -0.39 is 5.97 Å². The van der Waals surface area contributed by atoms with Crippen LogP contribution in [0.2, 0.25) is 0 Å². The molecule has 0 aliphatic carbocycles. The number of carbonyl (C=O) groups is 2. The molecule has 21 heavy (non-hydrogen) atoms. The summed E-state index contributed by atoms with van der Waals surface area (Å²) in [4.78, 5) is 26.6. The minimum absolute atomic E-state index is 0.00554. The lowest BCUT2D eigenvalue weighted by molar-refractivity contribution is -0.138. The second kappa shape index (κ2) is 7.09. The zero-order chi connectivity index (χ0) is 15.6. The molecule has 2 rings (SSSR count). The smallest absolute Gasteiger partial charge is 0.317 e. The highest BCUT2D eigenvalue weighted by Gasteiger charge is 2.25. The summed E-state index contributed by atoms with van der Waals surface area (Å²) >= 11 is 4.11. The van der Waals surface area contributed by atoms with Crippen LogP contribution in [0.25, 0.3) is 0 Å². The Morgan fingerprint density at radius 2 is 1.76 bits per heavy atom. The Morgan fingerprint density at radius 3 is 2.33 bits per heavy atom. The average Bonchev–Trinajstić information content (AvgIpc) is 2.42. The van der Waals surface area contributed by atoms with Crippen molar-refractivity contribution in [2.75, 3.05) is 32.7 Å². The summed E-state index contributed by atoms with van der Waals surface area (Å²) in [6.07, 6.45) is 0. The molecule has 6 nitrogen and oxygen atoms in total. The van der Waals surface area contributed by atoms with E-state index in [0.29, 0.717) is 35.3 Å². The third-order valence-electron chi connectivity index (χ3n) is 3.28. The second-order valence-electron chi connectivity index (χ2n) is 4.75. The third-order valence-corrected chi connectivity index (χ3v) is 4.72. The van der Waals surface area contributed by atoms with Crippen molar-refractivity contribution in [2.24, 2.45) is 0 Å². The maximum Gasteiger partial charge on any atom is 0.317 e. The van der Waals surface area contributed by atoms with Crippen LogP contribution in [0, 0.1) is 7.14 Å². The number of carboxylic acid groups (broad SMARTS) is 1. The number of phenols is 1. The fourth-order valence-electron chi connectivity index (χ4n) is 2.20. The van der Waals surface area contributed by atoms with Gasteiger partial charge in [-0.25, -0.2) is 0 Å². The molecular weight excluding hydrogens is 502 g/mol. The van der Waals surface area contributed by atoms with Crippen LogP contribution >= 0.6 is 45.2 Å². The first-order valence-corrected chi connectivity index (χ1v) is 8.45. The summed E-state index contributed by atoms with van der Waals surface area (Å²) in [6.45, 7) is 1.98. The topological polar surface area (TPSA) is 81.1 Å². The van der Waals surface area contributed by atoms with E-state index in [4.69, 9.17) is 5.11 Å².